The Morgan fingerprint density at radius 3 is 2.36 bits per heavy atom. The average Bonchev–Trinajstić information content (AvgIpc) is 3.22. The molecule has 0 aromatic heterocycles. The van der Waals surface area contributed by atoms with E-state index < -0.39 is 10.0 Å². The summed E-state index contributed by atoms with van der Waals surface area (Å²) in [4.78, 5) is 13.4. The Bertz CT molecular complexity index is 1530. The van der Waals surface area contributed by atoms with E-state index in [1.54, 1.807) is 66.7 Å². The van der Waals surface area contributed by atoms with Crippen molar-refractivity contribution in [3.05, 3.63) is 113 Å². The summed E-state index contributed by atoms with van der Waals surface area (Å²) in [5.74, 6) is 0.727. The molecule has 0 unspecified atom stereocenters. The molecule has 6 nitrogen and oxygen atoms in total. The summed E-state index contributed by atoms with van der Waals surface area (Å²) in [6, 6.07) is 27.4. The number of nitrogens with one attached hydrogen (secondary N) is 1. The standard InChI is InChI=1S/C28H23ClN2O4S/c1-19-16-21-17-20(12-14-26(21)31(19)36(33,34)24-10-6-3-7-11-24)28(32)30-25-18-22(29)13-15-27(25)35-23-8-4-2-5-9-23/h2-15,17-19H,16H2,1H3,(H,30,32)/t19-/m1/s1. The second-order valence-electron chi connectivity index (χ2n) is 8.52. The number of rotatable bonds is 6. The summed E-state index contributed by atoms with van der Waals surface area (Å²) >= 11 is 6.18. The topological polar surface area (TPSA) is 75.7 Å². The smallest absolute Gasteiger partial charge is 0.264 e. The van der Waals surface area contributed by atoms with Crippen LogP contribution in [0.25, 0.3) is 0 Å². The van der Waals surface area contributed by atoms with Crippen molar-refractivity contribution in [1.29, 1.82) is 0 Å². The number of amides is 1. The maximum Gasteiger partial charge on any atom is 0.264 e. The summed E-state index contributed by atoms with van der Waals surface area (Å²) < 4.78 is 34.0. The number of hydrogen-bond acceptors (Lipinski definition) is 4. The van der Waals surface area contributed by atoms with E-state index in [9.17, 15) is 13.2 Å². The van der Waals surface area contributed by atoms with Gasteiger partial charge in [0, 0.05) is 16.6 Å². The van der Waals surface area contributed by atoms with Gasteiger partial charge >= 0.3 is 0 Å². The van der Waals surface area contributed by atoms with Gasteiger partial charge in [0.25, 0.3) is 15.9 Å². The van der Waals surface area contributed by atoms with Crippen molar-refractivity contribution in [1.82, 2.24) is 0 Å². The van der Waals surface area contributed by atoms with Gasteiger partial charge in [-0.15, -0.1) is 0 Å². The molecule has 0 radical (unpaired) electrons. The molecule has 0 saturated carbocycles. The average molecular weight is 519 g/mol. The van der Waals surface area contributed by atoms with Gasteiger partial charge in [0.05, 0.1) is 16.3 Å². The predicted octanol–water partition coefficient (Wildman–Crippen LogP) is 6.52. The molecule has 0 aliphatic carbocycles. The van der Waals surface area contributed by atoms with Gasteiger partial charge in [-0.2, -0.15) is 0 Å². The molecule has 1 atom stereocenters. The summed E-state index contributed by atoms with van der Waals surface area (Å²) in [5, 5.41) is 3.33. The van der Waals surface area contributed by atoms with Gasteiger partial charge < -0.3 is 10.1 Å². The minimum atomic E-state index is -3.72. The van der Waals surface area contributed by atoms with E-state index in [0.717, 1.165) is 5.56 Å². The van der Waals surface area contributed by atoms with E-state index in [1.807, 2.05) is 37.3 Å². The molecule has 1 aliphatic heterocycles. The van der Waals surface area contributed by atoms with Crippen molar-refractivity contribution in [2.45, 2.75) is 24.3 Å². The van der Waals surface area contributed by atoms with Crippen molar-refractivity contribution in [3.63, 3.8) is 0 Å². The van der Waals surface area contributed by atoms with Crippen LogP contribution in [0.2, 0.25) is 5.02 Å². The molecule has 0 fully saturated rings. The number of para-hydroxylation sites is 1. The number of fused-ring (bicyclic) bond motifs is 1. The highest BCUT2D eigenvalue weighted by Gasteiger charge is 2.36. The van der Waals surface area contributed by atoms with Gasteiger partial charge in [0.1, 0.15) is 5.75 Å². The molecule has 0 saturated heterocycles. The third kappa shape index (κ3) is 4.67. The van der Waals surface area contributed by atoms with E-state index in [-0.39, 0.29) is 16.8 Å². The molecule has 4 aromatic rings. The molecule has 4 aromatic carbocycles. The number of sulfonamides is 1. The largest absolute Gasteiger partial charge is 0.455 e. The minimum Gasteiger partial charge on any atom is -0.455 e. The summed E-state index contributed by atoms with van der Waals surface area (Å²) in [5.41, 5.74) is 2.21. The first-order valence-corrected chi connectivity index (χ1v) is 13.2. The lowest BCUT2D eigenvalue weighted by Crippen LogP contribution is -2.35. The Labute approximate surface area is 215 Å². The molecule has 1 aliphatic rings. The Kier molecular flexibility index (Phi) is 6.43. The second kappa shape index (κ2) is 9.68. The Morgan fingerprint density at radius 2 is 1.64 bits per heavy atom. The van der Waals surface area contributed by atoms with Gasteiger partial charge in [0.2, 0.25) is 0 Å². The predicted molar refractivity (Wildman–Crippen MR) is 142 cm³/mol. The zero-order valence-electron chi connectivity index (χ0n) is 19.4. The first-order chi connectivity index (χ1) is 17.3. The fraction of sp³-hybridized carbons (Fsp3) is 0.107. The third-order valence-electron chi connectivity index (χ3n) is 5.96. The number of nitrogens with zero attached hydrogens (tertiary/aromatic N) is 1. The molecule has 0 spiro atoms. The van der Waals surface area contributed by atoms with Gasteiger partial charge in [0.15, 0.2) is 5.75 Å². The van der Waals surface area contributed by atoms with Gasteiger partial charge in [-0.1, -0.05) is 48.0 Å². The number of carbonyl (C=O) groups is 1. The fourth-order valence-electron chi connectivity index (χ4n) is 4.32. The molecule has 36 heavy (non-hydrogen) atoms. The van der Waals surface area contributed by atoms with Crippen LogP contribution < -0.4 is 14.4 Å². The molecule has 1 heterocycles. The SMILES string of the molecule is C[C@@H]1Cc2cc(C(=O)Nc3cc(Cl)ccc3Oc3ccccc3)ccc2N1S(=O)(=O)c1ccccc1. The van der Waals surface area contributed by atoms with Crippen LogP contribution in [0.15, 0.2) is 102 Å². The van der Waals surface area contributed by atoms with E-state index in [4.69, 9.17) is 16.3 Å². The molecular weight excluding hydrogens is 496 g/mol. The number of hydrogen-bond donors (Lipinski definition) is 1. The summed E-state index contributed by atoms with van der Waals surface area (Å²) in [6.45, 7) is 1.86. The lowest BCUT2D eigenvalue weighted by atomic mass is 10.1. The highest BCUT2D eigenvalue weighted by molar-refractivity contribution is 7.92. The van der Waals surface area contributed by atoms with Crippen LogP contribution in [0, 0.1) is 0 Å². The van der Waals surface area contributed by atoms with Crippen LogP contribution in [0.3, 0.4) is 0 Å². The quantitative estimate of drug-likeness (QED) is 0.315. The molecule has 1 N–H and O–H groups in total. The van der Waals surface area contributed by atoms with Crippen molar-refractivity contribution < 1.29 is 17.9 Å². The highest BCUT2D eigenvalue weighted by atomic mass is 35.5. The van der Waals surface area contributed by atoms with Crippen LogP contribution >= 0.6 is 11.6 Å². The Balaban J connectivity index is 1.41. The van der Waals surface area contributed by atoms with Crippen LogP contribution in [-0.4, -0.2) is 20.4 Å². The van der Waals surface area contributed by atoms with Gasteiger partial charge in [-0.25, -0.2) is 8.42 Å². The Hall–Kier alpha value is -3.81. The van der Waals surface area contributed by atoms with Crippen molar-refractivity contribution in [2.75, 3.05) is 9.62 Å². The van der Waals surface area contributed by atoms with Crippen LogP contribution in [0.1, 0.15) is 22.8 Å². The van der Waals surface area contributed by atoms with Crippen molar-refractivity contribution in [2.24, 2.45) is 0 Å². The third-order valence-corrected chi connectivity index (χ3v) is 8.13. The number of halogens is 1. The molecule has 1 amide bonds. The van der Waals surface area contributed by atoms with Gasteiger partial charge in [-0.3, -0.25) is 9.10 Å². The van der Waals surface area contributed by atoms with Crippen LogP contribution in [0.4, 0.5) is 11.4 Å². The normalized spacial score (nSPS) is 14.8. The summed E-state index contributed by atoms with van der Waals surface area (Å²) in [6.07, 6.45) is 0.502. The molecule has 0 bridgehead atoms. The number of ether oxygens (including phenoxy) is 1. The molecule has 182 valence electrons. The first kappa shape index (κ1) is 23.9. The fourth-order valence-corrected chi connectivity index (χ4v) is 6.20. The maximum atomic E-state index is 13.3. The zero-order valence-corrected chi connectivity index (χ0v) is 21.0. The van der Waals surface area contributed by atoms with E-state index in [0.29, 0.717) is 39.9 Å². The number of benzene rings is 4. The zero-order chi connectivity index (χ0) is 25.3. The minimum absolute atomic E-state index is 0.235. The van der Waals surface area contributed by atoms with E-state index >= 15 is 0 Å². The highest BCUT2D eigenvalue weighted by Crippen LogP contribution is 2.38. The first-order valence-electron chi connectivity index (χ1n) is 11.4. The van der Waals surface area contributed by atoms with Crippen molar-refractivity contribution >= 4 is 38.9 Å². The summed E-state index contributed by atoms with van der Waals surface area (Å²) in [7, 11) is -3.72. The molecule has 8 heteroatoms. The number of carbonyl (C=O) groups excluding carboxylic acids is 1. The maximum absolute atomic E-state index is 13.3. The lowest BCUT2D eigenvalue weighted by molar-refractivity contribution is 0.102. The van der Waals surface area contributed by atoms with Crippen LogP contribution in [-0.2, 0) is 16.4 Å². The van der Waals surface area contributed by atoms with E-state index in [2.05, 4.69) is 5.32 Å². The Morgan fingerprint density at radius 1 is 0.944 bits per heavy atom. The lowest BCUT2D eigenvalue weighted by Gasteiger charge is -2.24. The molecular formula is C28H23ClN2O4S. The monoisotopic (exact) mass is 518 g/mol. The van der Waals surface area contributed by atoms with E-state index in [1.165, 1.54) is 4.31 Å². The van der Waals surface area contributed by atoms with Gasteiger partial charge in [-0.05, 0) is 79.6 Å². The number of anilines is 2. The van der Waals surface area contributed by atoms with Crippen LogP contribution in [0.5, 0.6) is 11.5 Å². The second-order valence-corrected chi connectivity index (χ2v) is 10.8. The van der Waals surface area contributed by atoms with Crippen molar-refractivity contribution in [3.8, 4) is 11.5 Å². The molecule has 5 rings (SSSR count).